The number of aromatic nitrogens is 3. The Labute approximate surface area is 91.7 Å². The lowest BCUT2D eigenvalue weighted by Crippen LogP contribution is -2.15. The molecule has 5 heteroatoms. The molecule has 4 nitrogen and oxygen atoms in total. The summed E-state index contributed by atoms with van der Waals surface area (Å²) in [6.07, 6.45) is 4.43. The van der Waals surface area contributed by atoms with Crippen LogP contribution in [0, 0.1) is 0 Å². The fraction of sp³-hybridized carbons (Fsp3) is 0.400. The number of nitrogens with one attached hydrogen (secondary N) is 2. The molecule has 1 aliphatic carbocycles. The van der Waals surface area contributed by atoms with Crippen LogP contribution in [0.2, 0.25) is 0 Å². The molecule has 0 amide bonds. The molecule has 0 aliphatic heterocycles. The topological polar surface area (TPSA) is 53.6 Å². The Hall–Kier alpha value is -1.20. The average Bonchev–Trinajstić information content (AvgIpc) is 2.78. The van der Waals surface area contributed by atoms with E-state index >= 15 is 0 Å². The molecule has 0 unspecified atom stereocenters. The third kappa shape index (κ3) is 2.08. The van der Waals surface area contributed by atoms with Gasteiger partial charge in [-0.1, -0.05) is 0 Å². The molecule has 1 fully saturated rings. The van der Waals surface area contributed by atoms with E-state index in [-0.39, 0.29) is 0 Å². The van der Waals surface area contributed by atoms with Gasteiger partial charge in [0.1, 0.15) is 10.7 Å². The maximum absolute atomic E-state index is 4.24. The Morgan fingerprint density at radius 1 is 1.53 bits per heavy atom. The predicted molar refractivity (Wildman–Crippen MR) is 59.6 cm³/mol. The first kappa shape index (κ1) is 9.06. The van der Waals surface area contributed by atoms with Gasteiger partial charge in [-0.05, 0) is 18.9 Å². The Kier molecular flexibility index (Phi) is 2.26. The van der Waals surface area contributed by atoms with Gasteiger partial charge in [-0.15, -0.1) is 11.3 Å². The van der Waals surface area contributed by atoms with Crippen molar-refractivity contribution in [3.8, 4) is 10.7 Å². The molecule has 78 valence electrons. The maximum atomic E-state index is 4.24. The lowest BCUT2D eigenvalue weighted by molar-refractivity contribution is 0.672. The Morgan fingerprint density at radius 3 is 3.20 bits per heavy atom. The predicted octanol–water partition coefficient (Wildman–Crippen LogP) is 1.79. The van der Waals surface area contributed by atoms with Crippen LogP contribution in [0.3, 0.4) is 0 Å². The number of nitrogens with zero attached hydrogens (tertiary/aromatic N) is 2. The SMILES string of the molecule is c1csc(-c2cc(CNC3CC3)[nH]n2)n1. The molecule has 1 saturated carbocycles. The van der Waals surface area contributed by atoms with Gasteiger partial charge >= 0.3 is 0 Å². The highest BCUT2D eigenvalue weighted by molar-refractivity contribution is 7.13. The molecule has 2 aromatic rings. The molecule has 1 aliphatic rings. The molecule has 0 saturated heterocycles. The molecule has 0 bridgehead atoms. The van der Waals surface area contributed by atoms with Crippen molar-refractivity contribution >= 4 is 11.3 Å². The van der Waals surface area contributed by atoms with E-state index in [9.17, 15) is 0 Å². The van der Waals surface area contributed by atoms with E-state index in [4.69, 9.17) is 0 Å². The Bertz CT molecular complexity index is 430. The normalized spacial score (nSPS) is 15.7. The van der Waals surface area contributed by atoms with Crippen molar-refractivity contribution in [1.82, 2.24) is 20.5 Å². The van der Waals surface area contributed by atoms with Gasteiger partial charge in [-0.2, -0.15) is 5.10 Å². The molecule has 0 aromatic carbocycles. The smallest absolute Gasteiger partial charge is 0.143 e. The van der Waals surface area contributed by atoms with E-state index < -0.39 is 0 Å². The molecular formula is C10H12N4S. The fourth-order valence-electron chi connectivity index (χ4n) is 1.45. The zero-order valence-corrected chi connectivity index (χ0v) is 9.05. The number of H-pyrrole nitrogens is 1. The minimum absolute atomic E-state index is 0.733. The van der Waals surface area contributed by atoms with E-state index in [0.717, 1.165) is 29.0 Å². The zero-order chi connectivity index (χ0) is 10.1. The molecule has 0 atom stereocenters. The van der Waals surface area contributed by atoms with Crippen molar-refractivity contribution in [3.05, 3.63) is 23.3 Å². The van der Waals surface area contributed by atoms with E-state index in [0.29, 0.717) is 0 Å². The van der Waals surface area contributed by atoms with E-state index in [1.165, 1.54) is 12.8 Å². The number of rotatable bonds is 4. The molecule has 0 radical (unpaired) electrons. The Balaban J connectivity index is 1.69. The molecule has 3 rings (SSSR count). The van der Waals surface area contributed by atoms with Gasteiger partial charge in [-0.25, -0.2) is 4.98 Å². The summed E-state index contributed by atoms with van der Waals surface area (Å²) in [7, 11) is 0. The summed E-state index contributed by atoms with van der Waals surface area (Å²) in [4.78, 5) is 4.22. The quantitative estimate of drug-likeness (QED) is 0.826. The number of hydrogen-bond donors (Lipinski definition) is 2. The van der Waals surface area contributed by atoms with Crippen molar-refractivity contribution in [1.29, 1.82) is 0 Å². The minimum atomic E-state index is 0.733. The van der Waals surface area contributed by atoms with Crippen LogP contribution in [0.25, 0.3) is 10.7 Å². The summed E-state index contributed by atoms with van der Waals surface area (Å²) in [5.74, 6) is 0. The van der Waals surface area contributed by atoms with Gasteiger partial charge in [0, 0.05) is 29.9 Å². The first-order chi connectivity index (χ1) is 7.42. The second kappa shape index (κ2) is 3.75. The monoisotopic (exact) mass is 220 g/mol. The third-order valence-electron chi connectivity index (χ3n) is 2.44. The van der Waals surface area contributed by atoms with Crippen LogP contribution in [0.5, 0.6) is 0 Å². The largest absolute Gasteiger partial charge is 0.308 e. The first-order valence-corrected chi connectivity index (χ1v) is 5.97. The Morgan fingerprint density at radius 2 is 2.47 bits per heavy atom. The molecule has 15 heavy (non-hydrogen) atoms. The number of hydrogen-bond acceptors (Lipinski definition) is 4. The van der Waals surface area contributed by atoms with Crippen molar-refractivity contribution in [3.63, 3.8) is 0 Å². The summed E-state index contributed by atoms with van der Waals surface area (Å²) < 4.78 is 0. The highest BCUT2D eigenvalue weighted by Crippen LogP contribution is 2.21. The maximum Gasteiger partial charge on any atom is 0.143 e. The van der Waals surface area contributed by atoms with Crippen molar-refractivity contribution in [2.75, 3.05) is 0 Å². The second-order valence-corrected chi connectivity index (χ2v) is 4.67. The van der Waals surface area contributed by atoms with Crippen molar-refractivity contribution in [2.45, 2.75) is 25.4 Å². The summed E-state index contributed by atoms with van der Waals surface area (Å²) in [5, 5.41) is 13.7. The van der Waals surface area contributed by atoms with Gasteiger partial charge in [0.15, 0.2) is 0 Å². The highest BCUT2D eigenvalue weighted by Gasteiger charge is 2.20. The van der Waals surface area contributed by atoms with Gasteiger partial charge in [-0.3, -0.25) is 5.10 Å². The lowest BCUT2D eigenvalue weighted by atomic mass is 10.3. The van der Waals surface area contributed by atoms with Crippen molar-refractivity contribution in [2.24, 2.45) is 0 Å². The number of aromatic amines is 1. The summed E-state index contributed by atoms with van der Waals surface area (Å²) >= 11 is 1.61. The summed E-state index contributed by atoms with van der Waals surface area (Å²) in [6.45, 7) is 0.878. The van der Waals surface area contributed by atoms with E-state index in [1.54, 1.807) is 17.5 Å². The van der Waals surface area contributed by atoms with Crippen LogP contribution in [0.1, 0.15) is 18.5 Å². The van der Waals surface area contributed by atoms with Crippen LogP contribution < -0.4 is 5.32 Å². The van der Waals surface area contributed by atoms with Crippen LogP contribution in [-0.4, -0.2) is 21.2 Å². The standard InChI is InChI=1S/C10H12N4S/c1-2-7(1)12-6-8-5-9(14-13-8)10-11-3-4-15-10/h3-5,7,12H,1-2,6H2,(H,13,14). The first-order valence-electron chi connectivity index (χ1n) is 5.09. The second-order valence-electron chi connectivity index (χ2n) is 3.77. The molecule has 2 aromatic heterocycles. The van der Waals surface area contributed by atoms with Crippen LogP contribution in [0.15, 0.2) is 17.6 Å². The van der Waals surface area contributed by atoms with Crippen LogP contribution >= 0.6 is 11.3 Å². The summed E-state index contributed by atoms with van der Waals surface area (Å²) in [6, 6.07) is 2.80. The highest BCUT2D eigenvalue weighted by atomic mass is 32.1. The molecule has 2 heterocycles. The van der Waals surface area contributed by atoms with E-state index in [2.05, 4.69) is 26.6 Å². The molecule has 0 spiro atoms. The van der Waals surface area contributed by atoms with Gasteiger partial charge in [0.2, 0.25) is 0 Å². The zero-order valence-electron chi connectivity index (χ0n) is 8.23. The third-order valence-corrected chi connectivity index (χ3v) is 3.24. The van der Waals surface area contributed by atoms with Gasteiger partial charge < -0.3 is 5.32 Å². The molecule has 2 N–H and O–H groups in total. The van der Waals surface area contributed by atoms with Gasteiger partial charge in [0.25, 0.3) is 0 Å². The molecular weight excluding hydrogens is 208 g/mol. The van der Waals surface area contributed by atoms with Crippen molar-refractivity contribution < 1.29 is 0 Å². The average molecular weight is 220 g/mol. The summed E-state index contributed by atoms with van der Waals surface area (Å²) in [5.41, 5.74) is 2.07. The minimum Gasteiger partial charge on any atom is -0.308 e. The van der Waals surface area contributed by atoms with Gasteiger partial charge in [0.05, 0.1) is 0 Å². The fourth-order valence-corrected chi connectivity index (χ4v) is 2.05. The van der Waals surface area contributed by atoms with Crippen LogP contribution in [0.4, 0.5) is 0 Å². The van der Waals surface area contributed by atoms with E-state index in [1.807, 2.05) is 5.38 Å². The lowest BCUT2D eigenvalue weighted by Gasteiger charge is -1.97. The number of thiazole rings is 1. The van der Waals surface area contributed by atoms with Crippen LogP contribution in [-0.2, 0) is 6.54 Å².